The van der Waals surface area contributed by atoms with Crippen LogP contribution in [0.25, 0.3) is 0 Å². The zero-order chi connectivity index (χ0) is 13.0. The minimum atomic E-state index is -0.158. The standard InChI is InChI=1S/C15H13BrClF/c16-10-12(13-6-2-4-8-15(13)18)9-11-5-1-3-7-14(11)17/h1-8,12H,9-10H2. The van der Waals surface area contributed by atoms with Crippen LogP contribution in [0.5, 0.6) is 0 Å². The molecule has 0 aromatic heterocycles. The van der Waals surface area contributed by atoms with Crippen LogP contribution in [-0.4, -0.2) is 5.33 Å². The maximum absolute atomic E-state index is 13.8. The summed E-state index contributed by atoms with van der Waals surface area (Å²) in [7, 11) is 0. The highest BCUT2D eigenvalue weighted by Gasteiger charge is 2.16. The molecule has 0 fully saturated rings. The molecule has 18 heavy (non-hydrogen) atoms. The van der Waals surface area contributed by atoms with Gasteiger partial charge < -0.3 is 0 Å². The molecule has 94 valence electrons. The summed E-state index contributed by atoms with van der Waals surface area (Å²) in [5.41, 5.74) is 1.78. The van der Waals surface area contributed by atoms with Crippen LogP contribution in [0.3, 0.4) is 0 Å². The van der Waals surface area contributed by atoms with Gasteiger partial charge in [-0.2, -0.15) is 0 Å². The maximum atomic E-state index is 13.8. The lowest BCUT2D eigenvalue weighted by atomic mass is 9.93. The molecule has 0 saturated carbocycles. The summed E-state index contributed by atoms with van der Waals surface area (Å²) < 4.78 is 13.8. The van der Waals surface area contributed by atoms with Crippen molar-refractivity contribution in [1.29, 1.82) is 0 Å². The molecule has 0 spiro atoms. The molecule has 2 aromatic rings. The third-order valence-corrected chi connectivity index (χ3v) is 4.11. The first-order valence-electron chi connectivity index (χ1n) is 5.76. The number of hydrogen-bond acceptors (Lipinski definition) is 0. The van der Waals surface area contributed by atoms with Crippen molar-refractivity contribution in [2.45, 2.75) is 12.3 Å². The van der Waals surface area contributed by atoms with E-state index in [0.29, 0.717) is 5.33 Å². The van der Waals surface area contributed by atoms with E-state index in [2.05, 4.69) is 15.9 Å². The maximum Gasteiger partial charge on any atom is 0.126 e. The Labute approximate surface area is 120 Å². The first-order valence-corrected chi connectivity index (χ1v) is 7.26. The van der Waals surface area contributed by atoms with Gasteiger partial charge in [0.2, 0.25) is 0 Å². The Morgan fingerprint density at radius 3 is 2.39 bits per heavy atom. The predicted molar refractivity (Wildman–Crippen MR) is 78.1 cm³/mol. The van der Waals surface area contributed by atoms with Crippen molar-refractivity contribution in [3.63, 3.8) is 0 Å². The van der Waals surface area contributed by atoms with Gasteiger partial charge in [0, 0.05) is 16.3 Å². The van der Waals surface area contributed by atoms with Crippen molar-refractivity contribution >= 4 is 27.5 Å². The second kappa shape index (κ2) is 6.35. The molecule has 2 rings (SSSR count). The third kappa shape index (κ3) is 3.12. The zero-order valence-electron chi connectivity index (χ0n) is 9.74. The molecule has 1 unspecified atom stereocenters. The van der Waals surface area contributed by atoms with Crippen LogP contribution in [-0.2, 0) is 6.42 Å². The molecule has 0 bridgehead atoms. The normalized spacial score (nSPS) is 12.4. The number of benzene rings is 2. The highest BCUT2D eigenvalue weighted by Crippen LogP contribution is 2.28. The molecule has 1 atom stereocenters. The topological polar surface area (TPSA) is 0 Å². The molecule has 0 amide bonds. The minimum absolute atomic E-state index is 0.0890. The fraction of sp³-hybridized carbons (Fsp3) is 0.200. The fourth-order valence-electron chi connectivity index (χ4n) is 1.98. The number of rotatable bonds is 4. The van der Waals surface area contributed by atoms with E-state index in [4.69, 9.17) is 11.6 Å². The van der Waals surface area contributed by atoms with Crippen molar-refractivity contribution < 1.29 is 4.39 Å². The number of hydrogen-bond donors (Lipinski definition) is 0. The van der Waals surface area contributed by atoms with Crippen LogP contribution in [0.4, 0.5) is 4.39 Å². The van der Waals surface area contributed by atoms with E-state index in [9.17, 15) is 4.39 Å². The van der Waals surface area contributed by atoms with Gasteiger partial charge in [-0.05, 0) is 29.7 Å². The summed E-state index contributed by atoms with van der Waals surface area (Å²) in [6, 6.07) is 14.6. The van der Waals surface area contributed by atoms with Crippen LogP contribution in [0, 0.1) is 5.82 Å². The van der Waals surface area contributed by atoms with Gasteiger partial charge in [0.05, 0.1) is 0 Å². The van der Waals surface area contributed by atoms with E-state index in [1.807, 2.05) is 36.4 Å². The molecule has 0 radical (unpaired) electrons. The van der Waals surface area contributed by atoms with E-state index in [0.717, 1.165) is 22.6 Å². The van der Waals surface area contributed by atoms with Gasteiger partial charge in [-0.15, -0.1) is 0 Å². The fourth-order valence-corrected chi connectivity index (χ4v) is 2.77. The van der Waals surface area contributed by atoms with Gasteiger partial charge in [-0.1, -0.05) is 63.9 Å². The largest absolute Gasteiger partial charge is 0.207 e. The molecule has 0 aliphatic rings. The summed E-state index contributed by atoms with van der Waals surface area (Å²) >= 11 is 9.60. The van der Waals surface area contributed by atoms with E-state index in [1.54, 1.807) is 6.07 Å². The van der Waals surface area contributed by atoms with Gasteiger partial charge in [0.1, 0.15) is 5.82 Å². The monoisotopic (exact) mass is 326 g/mol. The summed E-state index contributed by atoms with van der Waals surface area (Å²) in [6.45, 7) is 0. The summed E-state index contributed by atoms with van der Waals surface area (Å²) in [6.07, 6.45) is 0.728. The van der Waals surface area contributed by atoms with Crippen molar-refractivity contribution in [2.24, 2.45) is 0 Å². The molecule has 0 heterocycles. The molecule has 0 N–H and O–H groups in total. The molecule has 0 aliphatic carbocycles. The van der Waals surface area contributed by atoms with Crippen molar-refractivity contribution in [1.82, 2.24) is 0 Å². The van der Waals surface area contributed by atoms with Gasteiger partial charge >= 0.3 is 0 Å². The molecule has 0 nitrogen and oxygen atoms in total. The zero-order valence-corrected chi connectivity index (χ0v) is 12.1. The second-order valence-electron chi connectivity index (χ2n) is 4.17. The predicted octanol–water partition coefficient (Wildman–Crippen LogP) is 5.20. The average Bonchev–Trinajstić information content (AvgIpc) is 2.39. The summed E-state index contributed by atoms with van der Waals surface area (Å²) in [5.74, 6) is -0.0693. The molecule has 0 saturated heterocycles. The summed E-state index contributed by atoms with van der Waals surface area (Å²) in [4.78, 5) is 0. The highest BCUT2D eigenvalue weighted by atomic mass is 79.9. The van der Waals surface area contributed by atoms with E-state index < -0.39 is 0 Å². The van der Waals surface area contributed by atoms with Gasteiger partial charge in [0.15, 0.2) is 0 Å². The van der Waals surface area contributed by atoms with Crippen LogP contribution in [0.1, 0.15) is 17.0 Å². The Balaban J connectivity index is 2.26. The lowest BCUT2D eigenvalue weighted by Crippen LogP contribution is -2.07. The SMILES string of the molecule is Fc1ccccc1C(CBr)Cc1ccccc1Cl. The molecule has 2 aromatic carbocycles. The number of halogens is 3. The Morgan fingerprint density at radius 1 is 1.06 bits per heavy atom. The lowest BCUT2D eigenvalue weighted by Gasteiger charge is -2.16. The van der Waals surface area contributed by atoms with Crippen molar-refractivity contribution in [3.05, 3.63) is 70.5 Å². The van der Waals surface area contributed by atoms with Crippen molar-refractivity contribution in [2.75, 3.05) is 5.33 Å². The lowest BCUT2D eigenvalue weighted by molar-refractivity contribution is 0.590. The minimum Gasteiger partial charge on any atom is -0.207 e. The first kappa shape index (κ1) is 13.6. The number of alkyl halides is 1. The first-order chi connectivity index (χ1) is 8.72. The van der Waals surface area contributed by atoms with Gasteiger partial charge in [0.25, 0.3) is 0 Å². The highest BCUT2D eigenvalue weighted by molar-refractivity contribution is 9.09. The van der Waals surface area contributed by atoms with Crippen LogP contribution in [0.2, 0.25) is 5.02 Å². The molecular formula is C15H13BrClF. The Kier molecular flexibility index (Phi) is 4.79. The quantitative estimate of drug-likeness (QED) is 0.677. The van der Waals surface area contributed by atoms with E-state index >= 15 is 0 Å². The summed E-state index contributed by atoms with van der Waals surface area (Å²) in [5, 5.41) is 1.44. The Bertz CT molecular complexity index is 527. The Hall–Kier alpha value is -0.860. The van der Waals surface area contributed by atoms with Crippen LogP contribution in [0.15, 0.2) is 48.5 Å². The molecule has 3 heteroatoms. The average molecular weight is 328 g/mol. The van der Waals surface area contributed by atoms with E-state index in [-0.39, 0.29) is 11.7 Å². The molecule has 0 aliphatic heterocycles. The van der Waals surface area contributed by atoms with Crippen molar-refractivity contribution in [3.8, 4) is 0 Å². The molecular weight excluding hydrogens is 315 g/mol. The van der Waals surface area contributed by atoms with E-state index in [1.165, 1.54) is 6.07 Å². The van der Waals surface area contributed by atoms with Crippen LogP contribution < -0.4 is 0 Å². The smallest absolute Gasteiger partial charge is 0.126 e. The van der Waals surface area contributed by atoms with Gasteiger partial charge in [-0.3, -0.25) is 0 Å². The van der Waals surface area contributed by atoms with Gasteiger partial charge in [-0.25, -0.2) is 4.39 Å². The van der Waals surface area contributed by atoms with Crippen LogP contribution >= 0.6 is 27.5 Å². The second-order valence-corrected chi connectivity index (χ2v) is 5.22. The third-order valence-electron chi connectivity index (χ3n) is 2.96. The Morgan fingerprint density at radius 2 is 1.72 bits per heavy atom.